The maximum absolute atomic E-state index is 11.7. The smallest absolute Gasteiger partial charge is 0.220 e. The summed E-state index contributed by atoms with van der Waals surface area (Å²) in [7, 11) is 0. The second-order valence-corrected chi connectivity index (χ2v) is 5.77. The van der Waals surface area contributed by atoms with E-state index >= 15 is 0 Å². The van der Waals surface area contributed by atoms with E-state index in [4.69, 9.17) is 0 Å². The number of halogens is 1. The summed E-state index contributed by atoms with van der Waals surface area (Å²) in [5.74, 6) is 1.42. The summed E-state index contributed by atoms with van der Waals surface area (Å²) >= 11 is 3.42. The van der Waals surface area contributed by atoms with Crippen LogP contribution in [0.25, 0.3) is 0 Å². The van der Waals surface area contributed by atoms with Crippen LogP contribution < -0.4 is 5.32 Å². The van der Waals surface area contributed by atoms with Gasteiger partial charge in [-0.15, -0.1) is 0 Å². The summed E-state index contributed by atoms with van der Waals surface area (Å²) in [6.45, 7) is 2.94. The number of nitrogens with one attached hydrogen (secondary N) is 1. The fraction of sp³-hybridized carbons (Fsp3) is 0.923. The third kappa shape index (κ3) is 5.88. The zero-order valence-corrected chi connectivity index (χ0v) is 11.9. The Labute approximate surface area is 108 Å². The van der Waals surface area contributed by atoms with E-state index < -0.39 is 0 Å². The molecule has 0 aromatic rings. The van der Waals surface area contributed by atoms with Crippen LogP contribution in [0.3, 0.4) is 0 Å². The molecule has 0 spiro atoms. The van der Waals surface area contributed by atoms with Crippen molar-refractivity contribution in [3.8, 4) is 0 Å². The normalized spacial score (nSPS) is 20.1. The fourth-order valence-corrected chi connectivity index (χ4v) is 2.47. The molecule has 1 amide bonds. The van der Waals surface area contributed by atoms with Crippen molar-refractivity contribution in [2.24, 2.45) is 11.8 Å². The molecular formula is C13H24BrNO. The highest BCUT2D eigenvalue weighted by Crippen LogP contribution is 2.25. The Bertz CT molecular complexity index is 200. The van der Waals surface area contributed by atoms with Gasteiger partial charge in [-0.3, -0.25) is 4.79 Å². The van der Waals surface area contributed by atoms with Crippen LogP contribution in [-0.2, 0) is 4.79 Å². The van der Waals surface area contributed by atoms with Crippen LogP contribution in [0, 0.1) is 11.8 Å². The summed E-state index contributed by atoms with van der Waals surface area (Å²) in [5, 5.41) is 3.99. The van der Waals surface area contributed by atoms with Crippen LogP contribution in [0.2, 0.25) is 0 Å². The molecule has 1 N–H and O–H groups in total. The van der Waals surface area contributed by atoms with Gasteiger partial charge < -0.3 is 5.32 Å². The van der Waals surface area contributed by atoms with E-state index in [0.29, 0.717) is 11.8 Å². The first-order valence-corrected chi connectivity index (χ1v) is 7.67. The molecule has 16 heavy (non-hydrogen) atoms. The Hall–Kier alpha value is -0.0500. The third-order valence-electron chi connectivity index (χ3n) is 3.36. The zero-order chi connectivity index (χ0) is 11.8. The van der Waals surface area contributed by atoms with E-state index in [1.165, 1.54) is 38.5 Å². The molecule has 0 saturated heterocycles. The number of carbonyl (C=O) groups is 1. The molecule has 0 radical (unpaired) electrons. The summed E-state index contributed by atoms with van der Waals surface area (Å²) in [6.07, 6.45) is 8.60. The molecule has 1 unspecified atom stereocenters. The van der Waals surface area contributed by atoms with Gasteiger partial charge in [0.25, 0.3) is 0 Å². The first-order chi connectivity index (χ1) is 7.72. The molecule has 0 aliphatic heterocycles. The number of rotatable bonds is 5. The fourth-order valence-electron chi connectivity index (χ4n) is 2.25. The lowest BCUT2D eigenvalue weighted by Crippen LogP contribution is -2.30. The molecule has 3 heteroatoms. The molecule has 1 rings (SSSR count). The molecule has 0 aromatic carbocycles. The second-order valence-electron chi connectivity index (χ2n) is 5.13. The molecule has 1 fully saturated rings. The number of amides is 1. The van der Waals surface area contributed by atoms with E-state index in [1.54, 1.807) is 0 Å². The van der Waals surface area contributed by atoms with Crippen molar-refractivity contribution in [2.75, 3.05) is 11.9 Å². The number of alkyl halides is 1. The average molecular weight is 290 g/mol. The van der Waals surface area contributed by atoms with Gasteiger partial charge in [0, 0.05) is 18.3 Å². The van der Waals surface area contributed by atoms with Crippen LogP contribution in [0.5, 0.6) is 0 Å². The first kappa shape index (κ1) is 14.0. The second kappa shape index (κ2) is 8.10. The molecule has 1 saturated carbocycles. The van der Waals surface area contributed by atoms with E-state index in [9.17, 15) is 4.79 Å². The molecule has 0 aromatic heterocycles. The van der Waals surface area contributed by atoms with E-state index in [-0.39, 0.29) is 5.91 Å². The van der Waals surface area contributed by atoms with Gasteiger partial charge in [-0.1, -0.05) is 48.5 Å². The standard InChI is InChI=1S/C13H24BrNO/c1-11(9-14)10-15-13(16)8-12-6-4-2-3-5-7-12/h11-12H,2-10H2,1H3,(H,15,16). The van der Waals surface area contributed by atoms with Gasteiger partial charge in [-0.05, 0) is 24.7 Å². The van der Waals surface area contributed by atoms with Crippen molar-refractivity contribution in [1.82, 2.24) is 5.32 Å². The number of hydrogen-bond acceptors (Lipinski definition) is 1. The Kier molecular flexibility index (Phi) is 7.10. The Balaban J connectivity index is 2.16. The van der Waals surface area contributed by atoms with Crippen LogP contribution >= 0.6 is 15.9 Å². The Morgan fingerprint density at radius 1 is 1.31 bits per heavy atom. The molecule has 2 nitrogen and oxygen atoms in total. The largest absolute Gasteiger partial charge is 0.356 e. The SMILES string of the molecule is CC(CBr)CNC(=O)CC1CCCCCC1. The summed E-state index contributed by atoms with van der Waals surface area (Å²) < 4.78 is 0. The predicted molar refractivity (Wildman–Crippen MR) is 71.8 cm³/mol. The lowest BCUT2D eigenvalue weighted by atomic mass is 9.96. The maximum Gasteiger partial charge on any atom is 0.220 e. The van der Waals surface area contributed by atoms with Crippen LogP contribution in [0.1, 0.15) is 51.9 Å². The highest BCUT2D eigenvalue weighted by molar-refractivity contribution is 9.09. The van der Waals surface area contributed by atoms with Crippen LogP contribution in [0.15, 0.2) is 0 Å². The van der Waals surface area contributed by atoms with Crippen molar-refractivity contribution in [2.45, 2.75) is 51.9 Å². The highest BCUT2D eigenvalue weighted by Gasteiger charge is 2.16. The van der Waals surface area contributed by atoms with E-state index in [2.05, 4.69) is 28.2 Å². The van der Waals surface area contributed by atoms with Gasteiger partial charge in [0.15, 0.2) is 0 Å². The van der Waals surface area contributed by atoms with Gasteiger partial charge in [-0.2, -0.15) is 0 Å². The topological polar surface area (TPSA) is 29.1 Å². The number of carbonyl (C=O) groups excluding carboxylic acids is 1. The minimum Gasteiger partial charge on any atom is -0.356 e. The summed E-state index contributed by atoms with van der Waals surface area (Å²) in [4.78, 5) is 11.7. The zero-order valence-electron chi connectivity index (χ0n) is 10.3. The van der Waals surface area contributed by atoms with Crippen molar-refractivity contribution in [1.29, 1.82) is 0 Å². The first-order valence-electron chi connectivity index (χ1n) is 6.55. The van der Waals surface area contributed by atoms with Crippen LogP contribution in [0.4, 0.5) is 0 Å². The Morgan fingerprint density at radius 3 is 2.50 bits per heavy atom. The van der Waals surface area contributed by atoms with Gasteiger partial charge >= 0.3 is 0 Å². The van der Waals surface area contributed by atoms with E-state index in [0.717, 1.165) is 18.3 Å². The van der Waals surface area contributed by atoms with Crippen molar-refractivity contribution < 1.29 is 4.79 Å². The third-order valence-corrected chi connectivity index (χ3v) is 4.47. The molecule has 94 valence electrons. The summed E-state index contributed by atoms with van der Waals surface area (Å²) in [6, 6.07) is 0. The average Bonchev–Trinajstić information content (AvgIpc) is 2.54. The summed E-state index contributed by atoms with van der Waals surface area (Å²) in [5.41, 5.74) is 0. The Morgan fingerprint density at radius 2 is 1.94 bits per heavy atom. The minimum atomic E-state index is 0.250. The molecule has 0 heterocycles. The molecule has 1 atom stereocenters. The van der Waals surface area contributed by atoms with Crippen LogP contribution in [-0.4, -0.2) is 17.8 Å². The van der Waals surface area contributed by atoms with Crippen molar-refractivity contribution in [3.63, 3.8) is 0 Å². The molecule has 1 aliphatic rings. The lowest BCUT2D eigenvalue weighted by Gasteiger charge is -2.15. The van der Waals surface area contributed by atoms with Crippen molar-refractivity contribution in [3.05, 3.63) is 0 Å². The highest BCUT2D eigenvalue weighted by atomic mass is 79.9. The van der Waals surface area contributed by atoms with Crippen molar-refractivity contribution >= 4 is 21.8 Å². The molecule has 0 bridgehead atoms. The van der Waals surface area contributed by atoms with Gasteiger partial charge in [0.2, 0.25) is 5.91 Å². The number of hydrogen-bond donors (Lipinski definition) is 1. The predicted octanol–water partition coefficient (Wildman–Crippen LogP) is 3.49. The quantitative estimate of drug-likeness (QED) is 0.609. The maximum atomic E-state index is 11.7. The lowest BCUT2D eigenvalue weighted by molar-refractivity contribution is -0.122. The molecule has 1 aliphatic carbocycles. The van der Waals surface area contributed by atoms with Gasteiger partial charge in [-0.25, -0.2) is 0 Å². The minimum absolute atomic E-state index is 0.250. The molecular weight excluding hydrogens is 266 g/mol. The van der Waals surface area contributed by atoms with Gasteiger partial charge in [0.1, 0.15) is 0 Å². The van der Waals surface area contributed by atoms with E-state index in [1.807, 2.05) is 0 Å². The van der Waals surface area contributed by atoms with Gasteiger partial charge in [0.05, 0.1) is 0 Å². The monoisotopic (exact) mass is 289 g/mol.